The third kappa shape index (κ3) is 2.80. The van der Waals surface area contributed by atoms with Crippen molar-refractivity contribution in [3.05, 3.63) is 92.4 Å². The molecule has 29 heavy (non-hydrogen) atoms. The number of benzene rings is 3. The number of anilines is 2. The molecular formula is C22H15Br2N3O2. The molecule has 0 radical (unpaired) electrons. The van der Waals surface area contributed by atoms with Crippen LogP contribution in [0.15, 0.2) is 75.7 Å². The number of hydrogen-bond acceptors (Lipinski definition) is 3. The van der Waals surface area contributed by atoms with Crippen molar-refractivity contribution in [2.75, 3.05) is 10.2 Å². The second kappa shape index (κ2) is 6.71. The fourth-order valence-electron chi connectivity index (χ4n) is 3.95. The molecule has 0 aromatic heterocycles. The first-order chi connectivity index (χ1) is 14.0. The highest BCUT2D eigenvalue weighted by Crippen LogP contribution is 2.46. The van der Waals surface area contributed by atoms with Gasteiger partial charge < -0.3 is 15.5 Å². The molecule has 2 heterocycles. The summed E-state index contributed by atoms with van der Waals surface area (Å²) in [7, 11) is 0. The van der Waals surface area contributed by atoms with E-state index in [2.05, 4.69) is 42.5 Å². The number of nitrogens with zero attached hydrogens (tertiary/aromatic N) is 1. The zero-order chi connectivity index (χ0) is 20.2. The van der Waals surface area contributed by atoms with Gasteiger partial charge in [0.1, 0.15) is 0 Å². The van der Waals surface area contributed by atoms with Crippen LogP contribution < -0.4 is 15.5 Å². The van der Waals surface area contributed by atoms with Crippen LogP contribution in [0.3, 0.4) is 0 Å². The molecule has 1 spiro atoms. The molecule has 3 aromatic carbocycles. The van der Waals surface area contributed by atoms with Crippen molar-refractivity contribution in [2.24, 2.45) is 0 Å². The van der Waals surface area contributed by atoms with E-state index in [1.807, 2.05) is 60.7 Å². The highest BCUT2D eigenvalue weighted by molar-refractivity contribution is 9.11. The molecule has 5 rings (SSSR count). The Morgan fingerprint density at radius 1 is 0.897 bits per heavy atom. The van der Waals surface area contributed by atoms with Gasteiger partial charge in [-0.2, -0.15) is 0 Å². The first-order valence-corrected chi connectivity index (χ1v) is 10.6. The van der Waals surface area contributed by atoms with Crippen LogP contribution in [-0.2, 0) is 17.0 Å². The lowest BCUT2D eigenvalue weighted by atomic mass is 9.95. The van der Waals surface area contributed by atoms with Gasteiger partial charge in [0.05, 0.1) is 23.5 Å². The van der Waals surface area contributed by atoms with E-state index in [0.29, 0.717) is 22.3 Å². The number of carbonyl (C=O) groups excluding carboxylic acids is 2. The van der Waals surface area contributed by atoms with E-state index in [-0.39, 0.29) is 11.8 Å². The van der Waals surface area contributed by atoms with Crippen molar-refractivity contribution in [1.29, 1.82) is 0 Å². The lowest BCUT2D eigenvalue weighted by Crippen LogP contribution is -2.60. The Balaban J connectivity index is 1.64. The number of amides is 2. The van der Waals surface area contributed by atoms with Gasteiger partial charge in [-0.25, -0.2) is 0 Å². The first-order valence-electron chi connectivity index (χ1n) is 9.05. The largest absolute Gasteiger partial charge is 0.350 e. The summed E-state index contributed by atoms with van der Waals surface area (Å²) in [6, 6.07) is 21.0. The summed E-state index contributed by atoms with van der Waals surface area (Å²) in [4.78, 5) is 28.4. The van der Waals surface area contributed by atoms with Crippen molar-refractivity contribution in [2.45, 2.75) is 12.2 Å². The Morgan fingerprint density at radius 3 is 2.41 bits per heavy atom. The van der Waals surface area contributed by atoms with Crippen molar-refractivity contribution < 1.29 is 9.59 Å². The molecule has 5 nitrogen and oxygen atoms in total. The van der Waals surface area contributed by atoms with Crippen LogP contribution in [0.5, 0.6) is 0 Å². The molecular weight excluding hydrogens is 498 g/mol. The highest BCUT2D eigenvalue weighted by atomic mass is 79.9. The van der Waals surface area contributed by atoms with E-state index in [1.165, 1.54) is 0 Å². The molecule has 0 saturated heterocycles. The van der Waals surface area contributed by atoms with E-state index in [4.69, 9.17) is 0 Å². The zero-order valence-corrected chi connectivity index (χ0v) is 18.2. The van der Waals surface area contributed by atoms with Gasteiger partial charge in [0.2, 0.25) is 5.66 Å². The van der Waals surface area contributed by atoms with E-state index in [0.717, 1.165) is 21.3 Å². The summed E-state index contributed by atoms with van der Waals surface area (Å²) in [5, 5.41) is 6.27. The maximum atomic E-state index is 13.7. The third-order valence-corrected chi connectivity index (χ3v) is 6.34. The molecule has 7 heteroatoms. The zero-order valence-electron chi connectivity index (χ0n) is 15.1. The van der Waals surface area contributed by atoms with Crippen molar-refractivity contribution in [1.82, 2.24) is 5.32 Å². The van der Waals surface area contributed by atoms with Gasteiger partial charge >= 0.3 is 0 Å². The molecule has 3 aromatic rings. The quantitative estimate of drug-likeness (QED) is 0.520. The normalized spacial score (nSPS) is 19.6. The number of hydrogen-bond donors (Lipinski definition) is 2. The van der Waals surface area contributed by atoms with Crippen molar-refractivity contribution in [3.63, 3.8) is 0 Å². The van der Waals surface area contributed by atoms with Crippen LogP contribution in [0.1, 0.15) is 21.5 Å². The average molecular weight is 513 g/mol. The van der Waals surface area contributed by atoms with Crippen LogP contribution in [0.2, 0.25) is 0 Å². The molecule has 2 N–H and O–H groups in total. The predicted molar refractivity (Wildman–Crippen MR) is 119 cm³/mol. The second-order valence-corrected chi connectivity index (χ2v) is 8.80. The maximum Gasteiger partial charge on any atom is 0.278 e. The van der Waals surface area contributed by atoms with Gasteiger partial charge in [-0.3, -0.25) is 9.59 Å². The van der Waals surface area contributed by atoms with Crippen LogP contribution in [0.25, 0.3) is 0 Å². The summed E-state index contributed by atoms with van der Waals surface area (Å²) >= 11 is 6.94. The Hall–Kier alpha value is -2.64. The smallest absolute Gasteiger partial charge is 0.278 e. The second-order valence-electron chi connectivity index (χ2n) is 7.03. The molecule has 0 bridgehead atoms. The molecule has 1 unspecified atom stereocenters. The van der Waals surface area contributed by atoms with Gasteiger partial charge in [-0.1, -0.05) is 64.5 Å². The lowest BCUT2D eigenvalue weighted by Gasteiger charge is -2.37. The van der Waals surface area contributed by atoms with E-state index in [1.54, 1.807) is 11.0 Å². The Labute approximate surface area is 184 Å². The molecule has 2 amide bonds. The van der Waals surface area contributed by atoms with Crippen LogP contribution in [0.4, 0.5) is 11.4 Å². The first kappa shape index (κ1) is 18.4. The number of nitrogens with one attached hydrogen (secondary N) is 2. The summed E-state index contributed by atoms with van der Waals surface area (Å²) in [6.45, 7) is 0.421. The lowest BCUT2D eigenvalue weighted by molar-refractivity contribution is -0.123. The Kier molecular flexibility index (Phi) is 4.26. The summed E-state index contributed by atoms with van der Waals surface area (Å²) in [6.07, 6.45) is 0. The van der Waals surface area contributed by atoms with E-state index < -0.39 is 5.66 Å². The molecule has 2 aliphatic heterocycles. The average Bonchev–Trinajstić information content (AvgIpc) is 2.93. The minimum absolute atomic E-state index is 0.212. The summed E-state index contributed by atoms with van der Waals surface area (Å²) in [5.74, 6) is -0.512. The fraction of sp³-hybridized carbons (Fsp3) is 0.0909. The topological polar surface area (TPSA) is 61.4 Å². The number of carbonyl (C=O) groups is 2. The van der Waals surface area contributed by atoms with Gasteiger partial charge in [0.15, 0.2) is 0 Å². The molecule has 2 aliphatic rings. The molecule has 1 atom stereocenters. The molecule has 0 saturated carbocycles. The summed E-state index contributed by atoms with van der Waals surface area (Å²) < 4.78 is 1.49. The van der Waals surface area contributed by atoms with Crippen molar-refractivity contribution >= 4 is 55.0 Å². The van der Waals surface area contributed by atoms with Crippen LogP contribution in [0, 0.1) is 0 Å². The predicted octanol–water partition coefficient (Wildman–Crippen LogP) is 4.77. The monoisotopic (exact) mass is 511 g/mol. The number of rotatable bonds is 2. The van der Waals surface area contributed by atoms with Gasteiger partial charge in [0.25, 0.3) is 11.8 Å². The van der Waals surface area contributed by atoms with Crippen LogP contribution >= 0.6 is 31.9 Å². The minimum Gasteiger partial charge on any atom is -0.350 e. The molecule has 0 fully saturated rings. The van der Waals surface area contributed by atoms with Crippen molar-refractivity contribution in [3.8, 4) is 0 Å². The van der Waals surface area contributed by atoms with Gasteiger partial charge in [-0.15, -0.1) is 0 Å². The SMILES string of the molecule is O=C1NC2(Nc3c(Br)cc(Br)cc31)C(=O)N(Cc1ccccc1)c1ccccc12. The maximum absolute atomic E-state index is 13.7. The van der Waals surface area contributed by atoms with Gasteiger partial charge in [0, 0.05) is 14.5 Å². The highest BCUT2D eigenvalue weighted by Gasteiger charge is 2.54. The summed E-state index contributed by atoms with van der Waals surface area (Å²) in [5.41, 5.74) is 2.26. The van der Waals surface area contributed by atoms with E-state index >= 15 is 0 Å². The Bertz CT molecular complexity index is 1170. The molecule has 144 valence electrons. The van der Waals surface area contributed by atoms with E-state index in [9.17, 15) is 9.59 Å². The molecule has 0 aliphatic carbocycles. The standard InChI is InChI=1S/C22H15Br2N3O2/c23-14-10-15-19(17(24)11-14)25-22(26-20(15)28)16-8-4-5-9-18(16)27(21(22)29)12-13-6-2-1-3-7-13/h1-11,25H,12H2,(H,26,28). The van der Waals surface area contributed by atoms with Gasteiger partial charge in [-0.05, 0) is 39.7 Å². The Morgan fingerprint density at radius 2 is 1.62 bits per heavy atom. The number of fused-ring (bicyclic) bond motifs is 3. The number of para-hydroxylation sites is 1. The minimum atomic E-state index is -1.34. The van der Waals surface area contributed by atoms with Crippen LogP contribution in [-0.4, -0.2) is 11.8 Å². The third-order valence-electron chi connectivity index (χ3n) is 5.26. The number of halogens is 2. The fourth-order valence-corrected chi connectivity index (χ4v) is 5.28.